The first kappa shape index (κ1) is 42.4. The highest BCUT2D eigenvalue weighted by molar-refractivity contribution is 7.93. The molecule has 5 aromatic rings. The summed E-state index contributed by atoms with van der Waals surface area (Å²) in [5.41, 5.74) is 1.99. The number of carbonyl (C=O) groups is 4. The Morgan fingerprint density at radius 3 is 2.26 bits per heavy atom. The van der Waals surface area contributed by atoms with E-state index in [-0.39, 0.29) is 23.3 Å². The summed E-state index contributed by atoms with van der Waals surface area (Å²) in [5, 5.41) is 4.99. The minimum Gasteiger partial charge on any atom is -0.374 e. The summed E-state index contributed by atoms with van der Waals surface area (Å²) in [6, 6.07) is 11.1. The molecule has 4 N–H and O–H groups in total. The van der Waals surface area contributed by atoms with Gasteiger partial charge >= 0.3 is 0 Å². The fourth-order valence-corrected chi connectivity index (χ4v) is 8.68. The Hall–Kier alpha value is -6.34. The van der Waals surface area contributed by atoms with E-state index in [0.717, 1.165) is 43.8 Å². The number of piperidine rings is 2. The van der Waals surface area contributed by atoms with Gasteiger partial charge in [-0.15, -0.1) is 0 Å². The first-order valence-electron chi connectivity index (χ1n) is 20.5. The molecule has 16 nitrogen and oxygen atoms in total. The largest absolute Gasteiger partial charge is 0.374 e. The summed E-state index contributed by atoms with van der Waals surface area (Å²) in [7, 11) is -3.97. The Balaban J connectivity index is 0.833. The van der Waals surface area contributed by atoms with Crippen molar-refractivity contribution in [3.8, 4) is 11.1 Å². The van der Waals surface area contributed by atoms with Crippen LogP contribution in [0.25, 0.3) is 22.2 Å². The van der Waals surface area contributed by atoms with Crippen LogP contribution >= 0.6 is 0 Å². The highest BCUT2D eigenvalue weighted by atomic mass is 32.2. The van der Waals surface area contributed by atoms with Crippen LogP contribution in [0, 0.1) is 11.6 Å². The van der Waals surface area contributed by atoms with Gasteiger partial charge < -0.3 is 20.1 Å². The molecule has 3 aliphatic heterocycles. The van der Waals surface area contributed by atoms with Crippen molar-refractivity contribution in [3.05, 3.63) is 95.6 Å². The molecule has 0 saturated carbocycles. The number of pyridine rings is 1. The third-order valence-electron chi connectivity index (χ3n) is 11.8. The number of nitrogens with zero attached hydrogens (tertiary/aromatic N) is 6. The van der Waals surface area contributed by atoms with Crippen molar-refractivity contribution in [3.63, 3.8) is 0 Å². The second kappa shape index (κ2) is 17.6. The second-order valence-electron chi connectivity index (χ2n) is 16.1. The van der Waals surface area contributed by atoms with E-state index in [1.165, 1.54) is 25.6 Å². The van der Waals surface area contributed by atoms with Crippen molar-refractivity contribution in [1.29, 1.82) is 0 Å². The van der Waals surface area contributed by atoms with E-state index in [0.29, 0.717) is 79.6 Å². The molecule has 0 spiro atoms. The molecule has 6 heterocycles. The molecule has 324 valence electrons. The number of carbonyl (C=O) groups excluding carboxylic acids is 4. The van der Waals surface area contributed by atoms with Gasteiger partial charge in [-0.2, -0.15) is 0 Å². The van der Waals surface area contributed by atoms with Gasteiger partial charge in [0.2, 0.25) is 39.5 Å². The van der Waals surface area contributed by atoms with Crippen LogP contribution in [0.4, 0.5) is 26.1 Å². The molecule has 0 bridgehead atoms. The van der Waals surface area contributed by atoms with E-state index in [9.17, 15) is 32.0 Å². The predicted octanol–water partition coefficient (Wildman–Crippen LogP) is 4.42. The molecule has 3 aliphatic rings. The summed E-state index contributed by atoms with van der Waals surface area (Å²) < 4.78 is 57.3. The van der Waals surface area contributed by atoms with Crippen molar-refractivity contribution in [2.24, 2.45) is 0 Å². The van der Waals surface area contributed by atoms with Crippen LogP contribution in [0.3, 0.4) is 0 Å². The zero-order valence-electron chi connectivity index (χ0n) is 34.2. The van der Waals surface area contributed by atoms with Crippen LogP contribution in [0.15, 0.2) is 67.3 Å². The zero-order chi connectivity index (χ0) is 43.7. The van der Waals surface area contributed by atoms with Crippen LogP contribution in [0.5, 0.6) is 0 Å². The lowest BCUT2D eigenvalue weighted by molar-refractivity contribution is -0.134. The van der Waals surface area contributed by atoms with Crippen molar-refractivity contribution >= 4 is 61.9 Å². The molecule has 3 fully saturated rings. The SMILES string of the molecule is CC(C)S(=O)(=O)Nc1ccc(F)c(C(=O)c2c[nH]c3ncc(-c4cnc(N5CCN(C(=O)CN6CCC(c7ccc(NC8CCC(=O)NC8=O)cc7)CC6)CC5)nc4)cc23)c1F. The van der Waals surface area contributed by atoms with Crippen molar-refractivity contribution in [1.82, 2.24) is 35.1 Å². The Morgan fingerprint density at radius 2 is 1.58 bits per heavy atom. The number of ketones is 1. The number of piperazine rings is 1. The van der Waals surface area contributed by atoms with Gasteiger partial charge in [0.05, 0.1) is 23.0 Å². The number of fused-ring (bicyclic) bond motifs is 1. The lowest BCUT2D eigenvalue weighted by Crippen LogP contribution is -2.52. The number of rotatable bonds is 12. The molecule has 62 heavy (non-hydrogen) atoms. The maximum Gasteiger partial charge on any atom is 0.249 e. The average Bonchev–Trinajstić information content (AvgIpc) is 3.70. The molecular weight excluding hydrogens is 823 g/mol. The highest BCUT2D eigenvalue weighted by Crippen LogP contribution is 2.31. The third kappa shape index (κ3) is 8.99. The van der Waals surface area contributed by atoms with Crippen LogP contribution in [0.1, 0.15) is 66.9 Å². The summed E-state index contributed by atoms with van der Waals surface area (Å²) in [4.78, 5) is 73.0. The summed E-state index contributed by atoms with van der Waals surface area (Å²) in [6.07, 6.45) is 8.76. The molecule has 19 heteroatoms. The molecule has 8 rings (SSSR count). The average molecular weight is 869 g/mol. The number of sulfonamides is 1. The molecule has 1 unspecified atom stereocenters. The van der Waals surface area contributed by atoms with Gasteiger partial charge in [0.25, 0.3) is 0 Å². The van der Waals surface area contributed by atoms with Crippen LogP contribution in [0.2, 0.25) is 0 Å². The Labute approximate surface area is 356 Å². The Morgan fingerprint density at radius 1 is 0.887 bits per heavy atom. The maximum atomic E-state index is 15.5. The van der Waals surface area contributed by atoms with Gasteiger partial charge in [0.15, 0.2) is 5.82 Å². The molecule has 0 radical (unpaired) electrons. The van der Waals surface area contributed by atoms with Crippen molar-refractivity contribution in [2.45, 2.75) is 56.7 Å². The number of benzene rings is 2. The van der Waals surface area contributed by atoms with Gasteiger partial charge in [0, 0.05) is 85.2 Å². The minimum atomic E-state index is -3.97. The van der Waals surface area contributed by atoms with E-state index in [2.05, 4.69) is 52.3 Å². The van der Waals surface area contributed by atoms with Crippen LogP contribution in [-0.2, 0) is 24.4 Å². The molecule has 3 amide bonds. The summed E-state index contributed by atoms with van der Waals surface area (Å²) in [6.45, 7) is 6.95. The number of H-pyrrole nitrogens is 1. The van der Waals surface area contributed by atoms with E-state index in [4.69, 9.17) is 0 Å². The van der Waals surface area contributed by atoms with Crippen molar-refractivity contribution in [2.75, 3.05) is 60.8 Å². The van der Waals surface area contributed by atoms with Gasteiger partial charge in [-0.1, -0.05) is 12.1 Å². The molecule has 1 atom stereocenters. The number of amides is 3. The number of hydrogen-bond donors (Lipinski definition) is 4. The number of hydrogen-bond acceptors (Lipinski definition) is 12. The monoisotopic (exact) mass is 868 g/mol. The first-order chi connectivity index (χ1) is 29.7. The normalized spacial score (nSPS) is 18.0. The fraction of sp³-hybridized carbons (Fsp3) is 0.372. The topological polar surface area (TPSA) is 203 Å². The quantitative estimate of drug-likeness (QED) is 0.102. The summed E-state index contributed by atoms with van der Waals surface area (Å²) >= 11 is 0. The number of aromatic amines is 1. The molecule has 0 aliphatic carbocycles. The number of imide groups is 1. The number of aromatic nitrogens is 4. The van der Waals surface area contributed by atoms with Gasteiger partial charge in [-0.05, 0) is 88.0 Å². The first-order valence-corrected chi connectivity index (χ1v) is 22.1. The molecule has 2 aromatic carbocycles. The highest BCUT2D eigenvalue weighted by Gasteiger charge is 2.30. The number of nitrogens with one attached hydrogen (secondary N) is 4. The second-order valence-corrected chi connectivity index (χ2v) is 18.3. The molecule has 3 saturated heterocycles. The van der Waals surface area contributed by atoms with E-state index in [1.54, 1.807) is 24.7 Å². The van der Waals surface area contributed by atoms with Crippen LogP contribution < -0.4 is 20.3 Å². The van der Waals surface area contributed by atoms with E-state index >= 15 is 4.39 Å². The molecule has 3 aromatic heterocycles. The van der Waals surface area contributed by atoms with Gasteiger partial charge in [-0.25, -0.2) is 32.2 Å². The third-order valence-corrected chi connectivity index (χ3v) is 13.5. The predicted molar refractivity (Wildman–Crippen MR) is 228 cm³/mol. The Bertz CT molecular complexity index is 2630. The number of anilines is 3. The fourth-order valence-electron chi connectivity index (χ4n) is 7.98. The number of halogens is 2. The smallest absolute Gasteiger partial charge is 0.249 e. The van der Waals surface area contributed by atoms with Gasteiger partial charge in [0.1, 0.15) is 17.5 Å². The van der Waals surface area contributed by atoms with E-state index in [1.807, 2.05) is 21.9 Å². The standard InChI is InChI=1S/C43H46F2N10O6S/c1-25(2)62(60,61)52-34-8-7-33(44)38(39(34)45)40(58)32-23-47-41-31(32)19-28(20-46-41)29-21-48-43(49-22-29)55-17-15-54(16-18-55)37(57)24-53-13-11-27(12-14-53)26-3-5-30(6-4-26)50-35-9-10-36(56)51-42(35)59/h3-8,19-23,25,27,35,50,52H,9-18,24H2,1-2H3,(H,46,47)(H,51,56,59). The lowest BCUT2D eigenvalue weighted by Gasteiger charge is -2.37. The lowest BCUT2D eigenvalue weighted by atomic mass is 9.89. The van der Waals surface area contributed by atoms with Crippen LogP contribution in [-0.4, -0.2) is 119 Å². The zero-order valence-corrected chi connectivity index (χ0v) is 35.0. The summed E-state index contributed by atoms with van der Waals surface area (Å²) in [5.74, 6) is -3.05. The number of likely N-dealkylation sites (tertiary alicyclic amines) is 1. The minimum absolute atomic E-state index is 0.0596. The maximum absolute atomic E-state index is 15.5. The van der Waals surface area contributed by atoms with E-state index < -0.39 is 50.0 Å². The van der Waals surface area contributed by atoms with Gasteiger partial charge in [-0.3, -0.25) is 34.1 Å². The molecular formula is C43H46F2N10O6S. The Kier molecular flexibility index (Phi) is 12.0. The van der Waals surface area contributed by atoms with Crippen molar-refractivity contribution < 1.29 is 36.4 Å².